The molecule has 2 aliphatic heterocycles. The summed E-state index contributed by atoms with van der Waals surface area (Å²) in [6.45, 7) is 11.6. The van der Waals surface area contributed by atoms with Gasteiger partial charge in [-0.1, -0.05) is 64.1 Å². The van der Waals surface area contributed by atoms with Gasteiger partial charge in [0.25, 0.3) is 0 Å². The molecular weight excluding hydrogens is 328 g/mol. The summed E-state index contributed by atoms with van der Waals surface area (Å²) in [5.41, 5.74) is 8.40. The van der Waals surface area contributed by atoms with Crippen LogP contribution in [-0.4, -0.2) is 13.2 Å². The molecule has 0 saturated heterocycles. The zero-order valence-corrected chi connectivity index (χ0v) is 17.3. The van der Waals surface area contributed by atoms with E-state index in [0.717, 1.165) is 19.3 Å². The lowest BCUT2D eigenvalue weighted by atomic mass is 9.66. The van der Waals surface area contributed by atoms with E-state index in [-0.39, 0.29) is 11.6 Å². The lowest BCUT2D eigenvalue weighted by Crippen LogP contribution is -2.50. The summed E-state index contributed by atoms with van der Waals surface area (Å²) >= 11 is 0. The van der Waals surface area contributed by atoms with Gasteiger partial charge in [-0.2, -0.15) is 0 Å². The maximum absolute atomic E-state index is 4.69. The van der Waals surface area contributed by atoms with E-state index in [1.54, 1.807) is 0 Å². The molecule has 2 aromatic carbocycles. The van der Waals surface area contributed by atoms with Crippen LogP contribution in [0, 0.1) is 0 Å². The fraction of sp³-hybridized carbons (Fsp3) is 0.440. The fourth-order valence-corrected chi connectivity index (χ4v) is 5.42. The number of hydrogen-bond acceptors (Lipinski definition) is 2. The van der Waals surface area contributed by atoms with E-state index in [1.165, 1.54) is 46.6 Å². The predicted molar refractivity (Wildman–Crippen MR) is 117 cm³/mol. The molecule has 2 nitrogen and oxygen atoms in total. The van der Waals surface area contributed by atoms with E-state index in [1.807, 2.05) is 0 Å². The number of fused-ring (bicyclic) bond motifs is 5. The molecule has 2 aliphatic rings. The van der Waals surface area contributed by atoms with Crippen molar-refractivity contribution in [3.63, 3.8) is 0 Å². The van der Waals surface area contributed by atoms with Crippen LogP contribution in [0.15, 0.2) is 54.6 Å². The molecule has 0 radical (unpaired) electrons. The number of unbranched alkanes of at least 4 members (excludes halogenated alkanes) is 1. The summed E-state index contributed by atoms with van der Waals surface area (Å²) in [6, 6.07) is 15.8. The van der Waals surface area contributed by atoms with Gasteiger partial charge in [-0.3, -0.25) is 0 Å². The number of rotatable bonds is 5. The van der Waals surface area contributed by atoms with Gasteiger partial charge in [0.2, 0.25) is 0 Å². The molecule has 0 amide bonds. The van der Waals surface area contributed by atoms with Crippen LogP contribution < -0.4 is 9.80 Å². The normalized spacial score (nSPS) is 19.7. The van der Waals surface area contributed by atoms with Gasteiger partial charge in [0.1, 0.15) is 6.17 Å². The molecule has 0 saturated carbocycles. The van der Waals surface area contributed by atoms with Crippen LogP contribution in [0.2, 0.25) is 0 Å². The van der Waals surface area contributed by atoms with Crippen LogP contribution in [0.4, 0.5) is 17.1 Å². The average Bonchev–Trinajstić information content (AvgIpc) is 3.01. The highest BCUT2D eigenvalue weighted by Gasteiger charge is 2.50. The molecule has 142 valence electrons. The highest BCUT2D eigenvalue weighted by molar-refractivity contribution is 5.90. The molecule has 2 heterocycles. The summed E-state index contributed by atoms with van der Waals surface area (Å²) in [6.07, 6.45) is 6.00. The molecule has 0 N–H and O–H groups in total. The summed E-state index contributed by atoms with van der Waals surface area (Å²) in [7, 11) is 2.26. The molecule has 0 bridgehead atoms. The second-order valence-corrected chi connectivity index (χ2v) is 8.07. The van der Waals surface area contributed by atoms with E-state index in [0.29, 0.717) is 0 Å². The van der Waals surface area contributed by atoms with Gasteiger partial charge in [-0.05, 0) is 54.5 Å². The Morgan fingerprint density at radius 3 is 2.37 bits per heavy atom. The Balaban J connectivity index is 1.94. The topological polar surface area (TPSA) is 6.48 Å². The summed E-state index contributed by atoms with van der Waals surface area (Å²) in [5.74, 6) is 0. The number of aryl methyl sites for hydroxylation is 1. The fourth-order valence-electron chi connectivity index (χ4n) is 5.42. The van der Waals surface area contributed by atoms with Gasteiger partial charge in [0, 0.05) is 18.2 Å². The van der Waals surface area contributed by atoms with Gasteiger partial charge in [-0.25, -0.2) is 0 Å². The first-order chi connectivity index (χ1) is 13.1. The smallest absolute Gasteiger partial charge is 0.129 e. The number of likely N-dealkylation sites (N-methyl/N-ethyl adjacent to an activating group) is 1. The van der Waals surface area contributed by atoms with E-state index in [4.69, 9.17) is 6.58 Å². The predicted octanol–water partition coefficient (Wildman–Crippen LogP) is 6.57. The van der Waals surface area contributed by atoms with Crippen molar-refractivity contribution in [1.82, 2.24) is 0 Å². The molecule has 0 spiro atoms. The third-order valence-electron chi connectivity index (χ3n) is 6.93. The zero-order valence-electron chi connectivity index (χ0n) is 17.3. The largest absolute Gasteiger partial charge is 0.349 e. The second-order valence-electron chi connectivity index (χ2n) is 8.07. The molecule has 1 atom stereocenters. The van der Waals surface area contributed by atoms with Crippen LogP contribution in [0.3, 0.4) is 0 Å². The van der Waals surface area contributed by atoms with Crippen LogP contribution in [-0.2, 0) is 11.8 Å². The third-order valence-corrected chi connectivity index (χ3v) is 6.93. The minimum atomic E-state index is 0.0532. The molecule has 0 aromatic heterocycles. The molecule has 2 aromatic rings. The van der Waals surface area contributed by atoms with Gasteiger partial charge >= 0.3 is 0 Å². The van der Waals surface area contributed by atoms with Crippen molar-refractivity contribution in [1.29, 1.82) is 0 Å². The van der Waals surface area contributed by atoms with Gasteiger partial charge in [-0.15, -0.1) is 0 Å². The Morgan fingerprint density at radius 2 is 1.67 bits per heavy atom. The molecular formula is C25H32N2. The quantitative estimate of drug-likeness (QED) is 0.556. The first-order valence-electron chi connectivity index (χ1n) is 10.5. The number of anilines is 3. The van der Waals surface area contributed by atoms with Gasteiger partial charge in [0.05, 0.1) is 11.4 Å². The Labute approximate surface area is 164 Å². The van der Waals surface area contributed by atoms with Crippen molar-refractivity contribution in [2.24, 2.45) is 0 Å². The Kier molecular flexibility index (Phi) is 4.53. The molecule has 0 aliphatic carbocycles. The minimum absolute atomic E-state index is 0.0532. The molecule has 27 heavy (non-hydrogen) atoms. The first kappa shape index (κ1) is 18.2. The van der Waals surface area contributed by atoms with Crippen molar-refractivity contribution >= 4 is 17.1 Å². The SMILES string of the molecule is C=C1C2N(C)c3c(CCCC)cccc3N2c2ccccc2C1(CC)CC. The standard InChI is InChI=1S/C25H32N2/c1-6-9-13-19-14-12-17-22-23(19)26(5)24-18(4)25(7-2,8-3)20-15-10-11-16-21(20)27(22)24/h10-12,14-17,24H,4,6-9,13H2,1-3,5H3. The highest BCUT2D eigenvalue weighted by Crippen LogP contribution is 2.57. The number of para-hydroxylation sites is 2. The third kappa shape index (κ3) is 2.38. The maximum atomic E-state index is 4.69. The van der Waals surface area contributed by atoms with Crippen LogP contribution in [0.25, 0.3) is 0 Å². The molecule has 2 heteroatoms. The van der Waals surface area contributed by atoms with E-state index in [2.05, 4.69) is 80.1 Å². The summed E-state index contributed by atoms with van der Waals surface area (Å²) in [4.78, 5) is 5.02. The highest BCUT2D eigenvalue weighted by atomic mass is 15.4. The maximum Gasteiger partial charge on any atom is 0.129 e. The Morgan fingerprint density at radius 1 is 0.963 bits per heavy atom. The van der Waals surface area contributed by atoms with E-state index in [9.17, 15) is 0 Å². The van der Waals surface area contributed by atoms with Crippen LogP contribution in [0.5, 0.6) is 0 Å². The minimum Gasteiger partial charge on any atom is -0.349 e. The van der Waals surface area contributed by atoms with Gasteiger partial charge in [0.15, 0.2) is 0 Å². The van der Waals surface area contributed by atoms with Crippen molar-refractivity contribution in [2.45, 2.75) is 64.5 Å². The van der Waals surface area contributed by atoms with Crippen molar-refractivity contribution in [2.75, 3.05) is 16.8 Å². The van der Waals surface area contributed by atoms with Crippen molar-refractivity contribution < 1.29 is 0 Å². The molecule has 1 unspecified atom stereocenters. The zero-order chi connectivity index (χ0) is 19.2. The van der Waals surface area contributed by atoms with Crippen molar-refractivity contribution in [3.05, 3.63) is 65.7 Å². The van der Waals surface area contributed by atoms with Crippen LogP contribution >= 0.6 is 0 Å². The molecule has 0 fully saturated rings. The number of nitrogens with zero attached hydrogens (tertiary/aromatic N) is 2. The lowest BCUT2D eigenvalue weighted by Gasteiger charge is -2.49. The second kappa shape index (κ2) is 6.74. The van der Waals surface area contributed by atoms with Gasteiger partial charge < -0.3 is 9.80 Å². The summed E-state index contributed by atoms with van der Waals surface area (Å²) in [5, 5.41) is 0. The van der Waals surface area contributed by atoms with Crippen molar-refractivity contribution in [3.8, 4) is 0 Å². The summed E-state index contributed by atoms with van der Waals surface area (Å²) < 4.78 is 0. The Hall–Kier alpha value is -2.22. The lowest BCUT2D eigenvalue weighted by molar-refractivity contribution is 0.423. The number of hydrogen-bond donors (Lipinski definition) is 0. The average molecular weight is 361 g/mol. The Bertz CT molecular complexity index is 862. The van der Waals surface area contributed by atoms with E-state index >= 15 is 0 Å². The molecule has 4 rings (SSSR count). The first-order valence-corrected chi connectivity index (χ1v) is 10.5. The monoisotopic (exact) mass is 360 g/mol. The van der Waals surface area contributed by atoms with E-state index < -0.39 is 0 Å². The number of benzene rings is 2. The van der Waals surface area contributed by atoms with Crippen LogP contribution in [0.1, 0.15) is 57.6 Å².